The van der Waals surface area contributed by atoms with Crippen LogP contribution in [0.4, 0.5) is 0 Å². The van der Waals surface area contributed by atoms with E-state index >= 15 is 0 Å². The van der Waals surface area contributed by atoms with E-state index in [2.05, 4.69) is 29.6 Å². The second-order valence-corrected chi connectivity index (χ2v) is 4.78. The maximum absolute atomic E-state index is 5.23. The van der Waals surface area contributed by atoms with Crippen molar-refractivity contribution >= 4 is 0 Å². The summed E-state index contributed by atoms with van der Waals surface area (Å²) in [5.41, 5.74) is 0.995. The molecule has 1 fully saturated rings. The van der Waals surface area contributed by atoms with Crippen molar-refractivity contribution in [2.24, 2.45) is 0 Å². The molecular weight excluding hydrogens is 202 g/mol. The van der Waals surface area contributed by atoms with Gasteiger partial charge in [-0.1, -0.05) is 19.0 Å². The Hall–Kier alpha value is -0.870. The van der Waals surface area contributed by atoms with Crippen molar-refractivity contribution in [2.45, 2.75) is 45.2 Å². The van der Waals surface area contributed by atoms with Crippen LogP contribution in [0.5, 0.6) is 0 Å². The lowest BCUT2D eigenvalue weighted by atomic mass is 10.1. The highest BCUT2D eigenvalue weighted by molar-refractivity contribution is 5.08. The molecule has 0 bridgehead atoms. The van der Waals surface area contributed by atoms with E-state index in [9.17, 15) is 0 Å². The second-order valence-electron chi connectivity index (χ2n) is 4.78. The maximum atomic E-state index is 5.23. The fourth-order valence-corrected chi connectivity index (χ4v) is 1.55. The first-order valence-electron chi connectivity index (χ1n) is 6.15. The average Bonchev–Trinajstić information content (AvgIpc) is 2.94. The summed E-state index contributed by atoms with van der Waals surface area (Å²) in [4.78, 5) is 0. The molecule has 1 saturated carbocycles. The van der Waals surface area contributed by atoms with Crippen LogP contribution in [-0.2, 0) is 6.54 Å². The molecule has 90 valence electrons. The van der Waals surface area contributed by atoms with Gasteiger partial charge in [0.05, 0.1) is 5.69 Å². The molecule has 2 N–H and O–H groups in total. The fraction of sp³-hybridized carbons (Fsp3) is 0.750. The molecule has 1 aliphatic rings. The Labute approximate surface area is 96.8 Å². The molecular formula is C12H21N3O. The highest BCUT2D eigenvalue weighted by Gasteiger charge is 2.19. The van der Waals surface area contributed by atoms with E-state index in [0.29, 0.717) is 5.92 Å². The van der Waals surface area contributed by atoms with Crippen LogP contribution in [0, 0.1) is 0 Å². The van der Waals surface area contributed by atoms with Crippen LogP contribution in [0.2, 0.25) is 0 Å². The lowest BCUT2D eigenvalue weighted by Crippen LogP contribution is -2.28. The van der Waals surface area contributed by atoms with Gasteiger partial charge in [0.15, 0.2) is 0 Å². The fourth-order valence-electron chi connectivity index (χ4n) is 1.55. The topological polar surface area (TPSA) is 50.1 Å². The minimum atomic E-state index is 0.415. The van der Waals surface area contributed by atoms with E-state index in [0.717, 1.165) is 37.1 Å². The first kappa shape index (κ1) is 11.6. The number of aromatic nitrogens is 1. The highest BCUT2D eigenvalue weighted by Crippen LogP contribution is 2.17. The molecule has 1 aromatic rings. The van der Waals surface area contributed by atoms with Crippen molar-refractivity contribution in [3.63, 3.8) is 0 Å². The molecule has 4 heteroatoms. The van der Waals surface area contributed by atoms with Gasteiger partial charge in [0.2, 0.25) is 0 Å². The van der Waals surface area contributed by atoms with E-state index in [4.69, 9.17) is 4.52 Å². The third-order valence-electron chi connectivity index (χ3n) is 2.76. The van der Waals surface area contributed by atoms with Gasteiger partial charge in [-0.25, -0.2) is 0 Å². The summed E-state index contributed by atoms with van der Waals surface area (Å²) >= 11 is 0. The summed E-state index contributed by atoms with van der Waals surface area (Å²) < 4.78 is 5.23. The molecule has 16 heavy (non-hydrogen) atoms. The van der Waals surface area contributed by atoms with Gasteiger partial charge in [0, 0.05) is 37.7 Å². The first-order valence-corrected chi connectivity index (χ1v) is 6.15. The number of hydrogen-bond acceptors (Lipinski definition) is 4. The third-order valence-corrected chi connectivity index (χ3v) is 2.76. The third kappa shape index (κ3) is 3.61. The van der Waals surface area contributed by atoms with Gasteiger partial charge < -0.3 is 15.2 Å². The lowest BCUT2D eigenvalue weighted by molar-refractivity contribution is 0.364. The molecule has 0 amide bonds. The van der Waals surface area contributed by atoms with Crippen LogP contribution in [-0.4, -0.2) is 24.3 Å². The monoisotopic (exact) mass is 223 g/mol. The van der Waals surface area contributed by atoms with Crippen LogP contribution >= 0.6 is 0 Å². The lowest BCUT2D eigenvalue weighted by Gasteiger charge is -2.03. The van der Waals surface area contributed by atoms with Crippen molar-refractivity contribution in [1.29, 1.82) is 0 Å². The van der Waals surface area contributed by atoms with Crippen molar-refractivity contribution in [3.8, 4) is 0 Å². The smallest absolute Gasteiger partial charge is 0.139 e. The Bertz CT molecular complexity index is 318. The predicted octanol–water partition coefficient (Wildman–Crippen LogP) is 1.64. The van der Waals surface area contributed by atoms with E-state index in [1.807, 2.05) is 6.07 Å². The van der Waals surface area contributed by atoms with Crippen molar-refractivity contribution in [1.82, 2.24) is 15.8 Å². The summed E-state index contributed by atoms with van der Waals surface area (Å²) in [5, 5.41) is 10.8. The van der Waals surface area contributed by atoms with Crippen molar-refractivity contribution in [3.05, 3.63) is 17.5 Å². The van der Waals surface area contributed by atoms with Gasteiger partial charge in [-0.2, -0.15) is 0 Å². The number of nitrogens with one attached hydrogen (secondary N) is 2. The molecule has 0 aliphatic heterocycles. The van der Waals surface area contributed by atoms with Crippen LogP contribution in [0.25, 0.3) is 0 Å². The van der Waals surface area contributed by atoms with Crippen LogP contribution in [0.1, 0.15) is 44.1 Å². The summed E-state index contributed by atoms with van der Waals surface area (Å²) in [6.07, 6.45) is 2.70. The highest BCUT2D eigenvalue weighted by atomic mass is 16.5. The second kappa shape index (κ2) is 5.46. The Morgan fingerprint density at radius 3 is 2.88 bits per heavy atom. The Morgan fingerprint density at radius 2 is 2.25 bits per heavy atom. The molecule has 0 saturated heterocycles. The Morgan fingerprint density at radius 1 is 1.44 bits per heavy atom. The van der Waals surface area contributed by atoms with Crippen LogP contribution in [0.15, 0.2) is 10.6 Å². The van der Waals surface area contributed by atoms with Crippen LogP contribution < -0.4 is 10.6 Å². The molecule has 0 radical (unpaired) electrons. The van der Waals surface area contributed by atoms with E-state index in [-0.39, 0.29) is 0 Å². The zero-order valence-electron chi connectivity index (χ0n) is 10.1. The normalized spacial score (nSPS) is 15.9. The first-order chi connectivity index (χ1) is 7.75. The molecule has 0 unspecified atom stereocenters. The van der Waals surface area contributed by atoms with Crippen molar-refractivity contribution in [2.75, 3.05) is 13.1 Å². The number of rotatable bonds is 7. The summed E-state index contributed by atoms with van der Waals surface area (Å²) in [7, 11) is 0. The molecule has 2 rings (SSSR count). The predicted molar refractivity (Wildman–Crippen MR) is 63.3 cm³/mol. The zero-order chi connectivity index (χ0) is 11.4. The molecule has 1 heterocycles. The molecule has 4 nitrogen and oxygen atoms in total. The molecule has 0 aromatic carbocycles. The summed E-state index contributed by atoms with van der Waals surface area (Å²) in [6, 6.07) is 2.83. The standard InChI is InChI=1S/C12H21N3O/c1-9(2)12-7-11(15-16-12)8-13-5-6-14-10-3-4-10/h7,9-10,13-14H,3-6,8H2,1-2H3. The van der Waals surface area contributed by atoms with E-state index < -0.39 is 0 Å². The number of hydrogen-bond donors (Lipinski definition) is 2. The van der Waals surface area contributed by atoms with Gasteiger partial charge in [-0.05, 0) is 12.8 Å². The van der Waals surface area contributed by atoms with E-state index in [1.54, 1.807) is 0 Å². The zero-order valence-corrected chi connectivity index (χ0v) is 10.1. The minimum Gasteiger partial charge on any atom is -0.361 e. The molecule has 0 spiro atoms. The van der Waals surface area contributed by atoms with Crippen LogP contribution in [0.3, 0.4) is 0 Å². The quantitative estimate of drug-likeness (QED) is 0.690. The largest absolute Gasteiger partial charge is 0.361 e. The summed E-state index contributed by atoms with van der Waals surface area (Å²) in [6.45, 7) is 7.04. The maximum Gasteiger partial charge on any atom is 0.139 e. The van der Waals surface area contributed by atoms with E-state index in [1.165, 1.54) is 12.8 Å². The van der Waals surface area contributed by atoms with Gasteiger partial charge in [0.1, 0.15) is 5.76 Å². The molecule has 1 aromatic heterocycles. The van der Waals surface area contributed by atoms with Gasteiger partial charge in [-0.3, -0.25) is 0 Å². The average molecular weight is 223 g/mol. The number of nitrogens with zero attached hydrogens (tertiary/aromatic N) is 1. The Kier molecular flexibility index (Phi) is 3.96. The summed E-state index contributed by atoms with van der Waals surface area (Å²) in [5.74, 6) is 1.38. The van der Waals surface area contributed by atoms with Gasteiger partial charge in [-0.15, -0.1) is 0 Å². The minimum absolute atomic E-state index is 0.415. The molecule has 0 atom stereocenters. The Balaban J connectivity index is 1.60. The van der Waals surface area contributed by atoms with Crippen molar-refractivity contribution < 1.29 is 4.52 Å². The molecule has 1 aliphatic carbocycles. The van der Waals surface area contributed by atoms with Gasteiger partial charge in [0.25, 0.3) is 0 Å². The SMILES string of the molecule is CC(C)c1cc(CNCCNC2CC2)no1. The van der Waals surface area contributed by atoms with Gasteiger partial charge >= 0.3 is 0 Å².